The second-order valence-corrected chi connectivity index (χ2v) is 2.79. The molecule has 1 aliphatic rings. The molecule has 0 aliphatic carbocycles. The lowest BCUT2D eigenvalue weighted by atomic mass is 10.2. The van der Waals surface area contributed by atoms with E-state index in [1.807, 2.05) is 13.8 Å². The summed E-state index contributed by atoms with van der Waals surface area (Å²) in [5.74, 6) is -0.0990. The van der Waals surface area contributed by atoms with E-state index in [4.69, 9.17) is 5.73 Å². The van der Waals surface area contributed by atoms with Gasteiger partial charge in [0.25, 0.3) is 0 Å². The van der Waals surface area contributed by atoms with Crippen molar-refractivity contribution in [2.24, 2.45) is 0 Å². The molecule has 3 nitrogen and oxygen atoms in total. The van der Waals surface area contributed by atoms with Gasteiger partial charge in [0.05, 0.1) is 5.69 Å². The first-order valence-corrected chi connectivity index (χ1v) is 4.64. The van der Waals surface area contributed by atoms with Crippen molar-refractivity contribution < 1.29 is 18.3 Å². The Kier molecular flexibility index (Phi) is 3.02. The third-order valence-corrected chi connectivity index (χ3v) is 1.83. The van der Waals surface area contributed by atoms with Gasteiger partial charge in [-0.1, -0.05) is 19.9 Å². The Hall–Kier alpha value is -1.52. The molecule has 2 rings (SSSR count). The van der Waals surface area contributed by atoms with Crippen LogP contribution in [0.5, 0.6) is 11.5 Å². The van der Waals surface area contributed by atoms with Crippen LogP contribution >= 0.6 is 0 Å². The molecule has 0 saturated heterocycles. The van der Waals surface area contributed by atoms with E-state index in [0.717, 1.165) is 0 Å². The zero-order valence-electron chi connectivity index (χ0n) is 8.80. The summed E-state index contributed by atoms with van der Waals surface area (Å²) < 4.78 is 33.5. The van der Waals surface area contributed by atoms with Crippen LogP contribution in [0, 0.1) is 6.92 Å². The van der Waals surface area contributed by atoms with Gasteiger partial charge in [-0.3, -0.25) is 0 Å². The lowest BCUT2D eigenvalue weighted by Gasteiger charge is -2.05. The predicted molar refractivity (Wildman–Crippen MR) is 53.1 cm³/mol. The predicted octanol–water partition coefficient (Wildman–Crippen LogP) is 2.92. The molecule has 1 aliphatic heterocycles. The summed E-state index contributed by atoms with van der Waals surface area (Å²) in [6.07, 6.45) is -3.59. The van der Waals surface area contributed by atoms with Crippen LogP contribution in [0.2, 0.25) is 0 Å². The number of nitrogens with two attached hydrogens (primary N) is 1. The van der Waals surface area contributed by atoms with Gasteiger partial charge in [-0.25, -0.2) is 0 Å². The largest absolute Gasteiger partial charge is 0.586 e. The van der Waals surface area contributed by atoms with Gasteiger partial charge in [-0.2, -0.15) is 0 Å². The Morgan fingerprint density at radius 1 is 1.20 bits per heavy atom. The maximum absolute atomic E-state index is 12.5. The number of ether oxygens (including phenoxy) is 2. The fourth-order valence-corrected chi connectivity index (χ4v) is 1.13. The van der Waals surface area contributed by atoms with Crippen LogP contribution in [0.1, 0.15) is 19.4 Å². The van der Waals surface area contributed by atoms with Crippen molar-refractivity contribution in [3.8, 4) is 11.5 Å². The molecular weight excluding hydrogens is 204 g/mol. The quantitative estimate of drug-likeness (QED) is 0.679. The average Bonchev–Trinajstić information content (AvgIpc) is 2.51. The molecule has 2 N–H and O–H groups in total. The minimum Gasteiger partial charge on any atom is -0.395 e. The zero-order valence-corrected chi connectivity index (χ0v) is 8.80. The number of fused-ring (bicyclic) bond motifs is 1. The third kappa shape index (κ3) is 2.11. The van der Waals surface area contributed by atoms with Gasteiger partial charge in [-0.15, -0.1) is 8.78 Å². The Bertz CT molecular complexity index is 367. The first-order valence-electron chi connectivity index (χ1n) is 4.64. The summed E-state index contributed by atoms with van der Waals surface area (Å²) in [5, 5.41) is 0. The topological polar surface area (TPSA) is 44.5 Å². The van der Waals surface area contributed by atoms with Crippen molar-refractivity contribution in [3.63, 3.8) is 0 Å². The number of nitrogen functional groups attached to an aromatic ring is 1. The van der Waals surface area contributed by atoms with Gasteiger partial charge >= 0.3 is 6.29 Å². The van der Waals surface area contributed by atoms with Gasteiger partial charge in [0.2, 0.25) is 0 Å². The monoisotopic (exact) mass is 217 g/mol. The average molecular weight is 217 g/mol. The lowest BCUT2D eigenvalue weighted by molar-refractivity contribution is -0.286. The van der Waals surface area contributed by atoms with Crippen LogP contribution in [0.25, 0.3) is 0 Å². The van der Waals surface area contributed by atoms with Gasteiger partial charge < -0.3 is 15.2 Å². The maximum atomic E-state index is 12.5. The summed E-state index contributed by atoms with van der Waals surface area (Å²) in [7, 11) is 0. The molecule has 0 aromatic heterocycles. The van der Waals surface area contributed by atoms with E-state index in [-0.39, 0.29) is 17.2 Å². The number of benzene rings is 1. The number of rotatable bonds is 0. The molecule has 1 heterocycles. The van der Waals surface area contributed by atoms with Crippen molar-refractivity contribution >= 4 is 5.69 Å². The summed E-state index contributed by atoms with van der Waals surface area (Å²) in [4.78, 5) is 0. The molecule has 0 spiro atoms. The van der Waals surface area contributed by atoms with Crippen LogP contribution < -0.4 is 15.2 Å². The van der Waals surface area contributed by atoms with E-state index >= 15 is 0 Å². The Labute approximate surface area is 86.8 Å². The van der Waals surface area contributed by atoms with Gasteiger partial charge in [0, 0.05) is 0 Å². The van der Waals surface area contributed by atoms with Crippen molar-refractivity contribution in [2.45, 2.75) is 27.1 Å². The van der Waals surface area contributed by atoms with Crippen LogP contribution in [0.15, 0.2) is 12.1 Å². The van der Waals surface area contributed by atoms with E-state index in [9.17, 15) is 8.78 Å². The fraction of sp³-hybridized carbons (Fsp3) is 0.400. The molecule has 0 fully saturated rings. The highest BCUT2D eigenvalue weighted by Gasteiger charge is 2.44. The molecule has 0 saturated carbocycles. The number of hydrogen-bond donors (Lipinski definition) is 1. The molecular formula is C10H13F2NO2. The van der Waals surface area contributed by atoms with Gasteiger partial charge in [-0.05, 0) is 18.6 Å². The molecule has 0 amide bonds. The molecule has 15 heavy (non-hydrogen) atoms. The normalized spacial score (nSPS) is 15.5. The van der Waals surface area contributed by atoms with Crippen molar-refractivity contribution in [1.82, 2.24) is 0 Å². The first-order chi connectivity index (χ1) is 6.99. The van der Waals surface area contributed by atoms with E-state index in [0.29, 0.717) is 5.56 Å². The minimum absolute atomic E-state index is 0.0203. The van der Waals surface area contributed by atoms with E-state index in [2.05, 4.69) is 9.47 Å². The Morgan fingerprint density at radius 3 is 2.40 bits per heavy atom. The molecule has 84 valence electrons. The van der Waals surface area contributed by atoms with Crippen LogP contribution in [0.4, 0.5) is 14.5 Å². The second-order valence-electron chi connectivity index (χ2n) is 2.79. The third-order valence-electron chi connectivity index (χ3n) is 1.83. The van der Waals surface area contributed by atoms with Gasteiger partial charge in [0.1, 0.15) is 0 Å². The summed E-state index contributed by atoms with van der Waals surface area (Å²) >= 11 is 0. The summed E-state index contributed by atoms with van der Waals surface area (Å²) in [5.41, 5.74) is 6.39. The first kappa shape index (κ1) is 11.6. The number of halogens is 2. The molecule has 5 heteroatoms. The van der Waals surface area contributed by atoms with Crippen LogP contribution in [0.3, 0.4) is 0 Å². The number of aryl methyl sites for hydroxylation is 1. The van der Waals surface area contributed by atoms with E-state index < -0.39 is 6.29 Å². The maximum Gasteiger partial charge on any atom is 0.586 e. The fourth-order valence-electron chi connectivity index (χ4n) is 1.13. The number of anilines is 1. The number of alkyl halides is 2. The summed E-state index contributed by atoms with van der Waals surface area (Å²) in [6, 6.07) is 3.00. The second kappa shape index (κ2) is 3.92. The SMILES string of the molecule is CC.Cc1ccc2c(c1N)OC(F)(F)O2. The van der Waals surface area contributed by atoms with Crippen LogP contribution in [-0.2, 0) is 0 Å². The molecule has 1 aromatic rings. The van der Waals surface area contributed by atoms with Crippen molar-refractivity contribution in [3.05, 3.63) is 17.7 Å². The van der Waals surface area contributed by atoms with Crippen molar-refractivity contribution in [2.75, 3.05) is 5.73 Å². The minimum atomic E-state index is -3.59. The van der Waals surface area contributed by atoms with E-state index in [1.165, 1.54) is 6.07 Å². The lowest BCUT2D eigenvalue weighted by Crippen LogP contribution is -2.26. The molecule has 0 bridgehead atoms. The Balaban J connectivity index is 0.000000531. The smallest absolute Gasteiger partial charge is 0.395 e. The highest BCUT2D eigenvalue weighted by atomic mass is 19.3. The molecule has 0 atom stereocenters. The number of hydrogen-bond acceptors (Lipinski definition) is 3. The van der Waals surface area contributed by atoms with Crippen LogP contribution in [-0.4, -0.2) is 6.29 Å². The molecule has 0 unspecified atom stereocenters. The Morgan fingerprint density at radius 2 is 1.80 bits per heavy atom. The summed E-state index contributed by atoms with van der Waals surface area (Å²) in [6.45, 7) is 5.70. The molecule has 0 radical (unpaired) electrons. The van der Waals surface area contributed by atoms with E-state index in [1.54, 1.807) is 13.0 Å². The van der Waals surface area contributed by atoms with Gasteiger partial charge in [0.15, 0.2) is 11.5 Å². The zero-order chi connectivity index (χ0) is 11.6. The highest BCUT2D eigenvalue weighted by molar-refractivity contribution is 5.65. The standard InChI is InChI=1S/C8H7F2NO2.C2H6/c1-4-2-3-5-7(6(4)11)13-8(9,10)12-5;1-2/h2-3H,11H2,1H3;1-2H3. The highest BCUT2D eigenvalue weighted by Crippen LogP contribution is 2.45. The molecule has 1 aromatic carbocycles. The van der Waals surface area contributed by atoms with Crippen molar-refractivity contribution in [1.29, 1.82) is 0 Å².